The summed E-state index contributed by atoms with van der Waals surface area (Å²) in [6, 6.07) is 4.48. The van der Waals surface area contributed by atoms with Gasteiger partial charge in [-0.25, -0.2) is 8.78 Å². The number of ether oxygens (including phenoxy) is 1. The van der Waals surface area contributed by atoms with Gasteiger partial charge < -0.3 is 10.1 Å². The Balaban J connectivity index is 1.69. The number of halogens is 3. The molecule has 186 valence electrons. The number of alkyl halides is 2. The minimum absolute atomic E-state index is 0.183. The Morgan fingerprint density at radius 1 is 1.34 bits per heavy atom. The Morgan fingerprint density at radius 2 is 2.06 bits per heavy atom. The van der Waals surface area contributed by atoms with Gasteiger partial charge >= 0.3 is 0 Å². The number of allylic oxidation sites excluding steroid dienone is 1. The molecule has 1 aromatic heterocycles. The molecule has 2 atom stereocenters. The molecule has 10 heteroatoms. The standard InChI is InChI=1S/C25H26ClF2N3O3S/c1-4-17(24-19(29-3)10-16(35-24)12-31-21(32)5-6-22(31)33)18-8-14(26)7-13(2)23(18)34-15-9-20(25(27)28)30-11-15/h4,7-8,10,15,20,25,30H,3,5-6,9,11-12H2,1-2H3/b17-4-/t15-,20+/m0/s1. The van der Waals surface area contributed by atoms with Crippen molar-refractivity contribution in [3.8, 4) is 5.75 Å². The van der Waals surface area contributed by atoms with E-state index in [-0.39, 0.29) is 37.6 Å². The molecular weight excluding hydrogens is 496 g/mol. The number of nitrogens with zero attached hydrogens (tertiary/aromatic N) is 2. The number of carbonyl (C=O) groups is 2. The van der Waals surface area contributed by atoms with Gasteiger partial charge in [0, 0.05) is 46.8 Å². The summed E-state index contributed by atoms with van der Waals surface area (Å²) in [6.45, 7) is 7.93. The normalized spacial score (nSPS) is 20.9. The van der Waals surface area contributed by atoms with Gasteiger partial charge in [0.2, 0.25) is 11.8 Å². The lowest BCUT2D eigenvalue weighted by Crippen LogP contribution is -2.28. The number of hydrogen-bond donors (Lipinski definition) is 1. The lowest BCUT2D eigenvalue weighted by Gasteiger charge is -2.20. The molecule has 4 rings (SSSR count). The van der Waals surface area contributed by atoms with Crippen molar-refractivity contribution in [1.82, 2.24) is 10.2 Å². The van der Waals surface area contributed by atoms with Gasteiger partial charge in [0.1, 0.15) is 11.9 Å². The molecule has 6 nitrogen and oxygen atoms in total. The van der Waals surface area contributed by atoms with E-state index in [1.165, 1.54) is 16.2 Å². The molecule has 2 aliphatic heterocycles. The Labute approximate surface area is 211 Å². The van der Waals surface area contributed by atoms with Crippen LogP contribution in [0, 0.1) is 6.92 Å². The van der Waals surface area contributed by atoms with Crippen LogP contribution in [0.5, 0.6) is 5.75 Å². The molecule has 0 aliphatic carbocycles. The highest BCUT2D eigenvalue weighted by atomic mass is 35.5. The second kappa shape index (κ2) is 10.6. The minimum atomic E-state index is -2.46. The fraction of sp³-hybridized carbons (Fsp3) is 0.400. The van der Waals surface area contributed by atoms with E-state index >= 15 is 0 Å². The van der Waals surface area contributed by atoms with Crippen LogP contribution in [-0.4, -0.2) is 48.5 Å². The van der Waals surface area contributed by atoms with Gasteiger partial charge in [-0.1, -0.05) is 17.7 Å². The summed E-state index contributed by atoms with van der Waals surface area (Å²) in [7, 11) is 0. The number of thiophene rings is 1. The van der Waals surface area contributed by atoms with Crippen LogP contribution in [0.4, 0.5) is 14.5 Å². The van der Waals surface area contributed by atoms with Crippen LogP contribution in [0.15, 0.2) is 29.3 Å². The van der Waals surface area contributed by atoms with Crippen LogP contribution in [0.2, 0.25) is 5.02 Å². The summed E-state index contributed by atoms with van der Waals surface area (Å²) in [5.41, 5.74) is 2.90. The van der Waals surface area contributed by atoms with Crippen molar-refractivity contribution >= 4 is 52.7 Å². The van der Waals surface area contributed by atoms with Crippen molar-refractivity contribution in [3.05, 3.63) is 50.2 Å². The molecule has 0 unspecified atom stereocenters. The predicted molar refractivity (Wildman–Crippen MR) is 134 cm³/mol. The molecule has 1 aromatic carbocycles. The van der Waals surface area contributed by atoms with E-state index in [9.17, 15) is 18.4 Å². The third-order valence-corrected chi connectivity index (χ3v) is 7.54. The van der Waals surface area contributed by atoms with Crippen molar-refractivity contribution in [3.63, 3.8) is 0 Å². The maximum absolute atomic E-state index is 13.1. The molecule has 3 heterocycles. The molecule has 0 saturated carbocycles. The van der Waals surface area contributed by atoms with Gasteiger partial charge in [0.15, 0.2) is 0 Å². The number of carbonyl (C=O) groups excluding carboxylic acids is 2. The van der Waals surface area contributed by atoms with E-state index in [0.29, 0.717) is 28.6 Å². The van der Waals surface area contributed by atoms with Crippen molar-refractivity contribution in [2.45, 2.75) is 58.2 Å². The second-order valence-corrected chi connectivity index (χ2v) is 10.2. The number of benzene rings is 1. The smallest absolute Gasteiger partial charge is 0.253 e. The number of amides is 2. The maximum Gasteiger partial charge on any atom is 0.253 e. The quantitative estimate of drug-likeness (QED) is 0.367. The van der Waals surface area contributed by atoms with Gasteiger partial charge in [-0.2, -0.15) is 0 Å². The zero-order valence-electron chi connectivity index (χ0n) is 19.4. The molecule has 2 fully saturated rings. The van der Waals surface area contributed by atoms with Gasteiger partial charge in [-0.3, -0.25) is 19.5 Å². The number of nitrogens with one attached hydrogen (secondary N) is 1. The molecule has 35 heavy (non-hydrogen) atoms. The molecule has 0 bridgehead atoms. The number of likely N-dealkylation sites (tertiary alicyclic amines) is 1. The summed E-state index contributed by atoms with van der Waals surface area (Å²) in [6.07, 6.45) is -0.299. The van der Waals surface area contributed by atoms with E-state index in [1.54, 1.807) is 12.1 Å². The molecule has 2 saturated heterocycles. The Bertz CT molecular complexity index is 1180. The van der Waals surface area contributed by atoms with Crippen molar-refractivity contribution in [2.24, 2.45) is 4.99 Å². The lowest BCUT2D eigenvalue weighted by molar-refractivity contribution is -0.138. The molecule has 2 amide bonds. The van der Waals surface area contributed by atoms with E-state index in [4.69, 9.17) is 16.3 Å². The summed E-state index contributed by atoms with van der Waals surface area (Å²) >= 11 is 7.82. The van der Waals surface area contributed by atoms with Crippen LogP contribution in [0.3, 0.4) is 0 Å². The summed E-state index contributed by atoms with van der Waals surface area (Å²) < 4.78 is 32.5. The van der Waals surface area contributed by atoms with E-state index in [1.807, 2.05) is 26.0 Å². The monoisotopic (exact) mass is 521 g/mol. The first-order valence-corrected chi connectivity index (χ1v) is 12.5. The van der Waals surface area contributed by atoms with E-state index in [2.05, 4.69) is 17.0 Å². The van der Waals surface area contributed by atoms with Gasteiger partial charge in [0.25, 0.3) is 6.43 Å². The van der Waals surface area contributed by atoms with Crippen LogP contribution >= 0.6 is 22.9 Å². The predicted octanol–water partition coefficient (Wildman–Crippen LogP) is 5.52. The molecule has 1 N–H and O–H groups in total. The first-order valence-electron chi connectivity index (χ1n) is 11.3. The van der Waals surface area contributed by atoms with E-state index < -0.39 is 18.6 Å². The summed E-state index contributed by atoms with van der Waals surface area (Å²) in [4.78, 5) is 31.2. The Kier molecular flexibility index (Phi) is 7.68. The van der Waals surface area contributed by atoms with Crippen LogP contribution in [0.1, 0.15) is 47.1 Å². The van der Waals surface area contributed by atoms with E-state index in [0.717, 1.165) is 20.9 Å². The minimum Gasteiger partial charge on any atom is -0.488 e. The maximum atomic E-state index is 13.1. The lowest BCUT2D eigenvalue weighted by atomic mass is 9.99. The number of aryl methyl sites for hydroxylation is 1. The average Bonchev–Trinajstić information content (AvgIpc) is 3.52. The van der Waals surface area contributed by atoms with Crippen LogP contribution in [-0.2, 0) is 16.1 Å². The Hall–Kier alpha value is -2.62. The second-order valence-electron chi connectivity index (χ2n) is 8.59. The third kappa shape index (κ3) is 5.32. The number of hydrogen-bond acceptors (Lipinski definition) is 6. The summed E-state index contributed by atoms with van der Waals surface area (Å²) in [5, 5.41) is 3.33. The van der Waals surface area contributed by atoms with Gasteiger partial charge in [-0.05, 0) is 44.3 Å². The van der Waals surface area contributed by atoms with Crippen LogP contribution in [0.25, 0.3) is 5.57 Å². The zero-order valence-corrected chi connectivity index (χ0v) is 21.0. The molecular formula is C25H26ClF2N3O3S. The van der Waals surface area contributed by atoms with Crippen LogP contribution < -0.4 is 10.1 Å². The topological polar surface area (TPSA) is 71.0 Å². The van der Waals surface area contributed by atoms with Gasteiger partial charge in [0.05, 0.1) is 23.2 Å². The molecule has 0 spiro atoms. The fourth-order valence-electron chi connectivity index (χ4n) is 4.45. The summed E-state index contributed by atoms with van der Waals surface area (Å²) in [5.74, 6) is 0.203. The van der Waals surface area contributed by atoms with Gasteiger partial charge in [-0.15, -0.1) is 11.3 Å². The first kappa shape index (κ1) is 25.5. The highest BCUT2D eigenvalue weighted by molar-refractivity contribution is 7.13. The first-order chi connectivity index (χ1) is 16.7. The van der Waals surface area contributed by atoms with Crippen molar-refractivity contribution in [1.29, 1.82) is 0 Å². The number of aliphatic imine (C=N–C) groups is 1. The SMILES string of the molecule is C=Nc1cc(CN2C(=O)CCC2=O)sc1/C(=C\C)c1cc(Cl)cc(C)c1O[C@@H]1CN[C@@H](C(F)F)C1. The highest BCUT2D eigenvalue weighted by Gasteiger charge is 2.33. The largest absolute Gasteiger partial charge is 0.488 e. The zero-order chi connectivity index (χ0) is 25.3. The number of imide groups is 1. The molecule has 2 aliphatic rings. The highest BCUT2D eigenvalue weighted by Crippen LogP contribution is 2.44. The average molecular weight is 522 g/mol. The third-order valence-electron chi connectivity index (χ3n) is 6.18. The number of rotatable bonds is 8. The molecule has 2 aromatic rings. The molecule has 0 radical (unpaired) electrons. The Morgan fingerprint density at radius 3 is 2.66 bits per heavy atom. The van der Waals surface area contributed by atoms with Crippen molar-refractivity contribution in [2.75, 3.05) is 6.54 Å². The fourth-order valence-corrected chi connectivity index (χ4v) is 5.92. The van der Waals surface area contributed by atoms with Crippen molar-refractivity contribution < 1.29 is 23.1 Å².